The molecule has 36 heavy (non-hydrogen) atoms. The highest BCUT2D eigenvalue weighted by Gasteiger charge is 2.37. The smallest absolute Gasteiger partial charge is 0.201 e. The molecule has 8 heteroatoms. The highest BCUT2D eigenvalue weighted by Crippen LogP contribution is 2.48. The van der Waals surface area contributed by atoms with Gasteiger partial charge in [-0.3, -0.25) is 0 Å². The summed E-state index contributed by atoms with van der Waals surface area (Å²) in [7, 11) is -3.61. The number of hydrogen-bond donors (Lipinski definition) is 0. The van der Waals surface area contributed by atoms with Crippen LogP contribution in [0.3, 0.4) is 0 Å². The number of hydrogen-bond acceptors (Lipinski definition) is 4. The Hall–Kier alpha value is -1.85. The van der Waals surface area contributed by atoms with Crippen LogP contribution in [0.2, 0.25) is 36.3 Å². The molecule has 6 nitrogen and oxygen atoms in total. The largest absolute Gasteiger partial charge is 0.491 e. The van der Waals surface area contributed by atoms with Crippen molar-refractivity contribution in [3.63, 3.8) is 0 Å². The molecule has 0 aliphatic heterocycles. The number of ether oxygens (including phenoxy) is 2. The van der Waals surface area contributed by atoms with E-state index in [2.05, 4.69) is 77.4 Å². The highest BCUT2D eigenvalue weighted by atomic mass is 28.4. The van der Waals surface area contributed by atoms with E-state index < -0.39 is 16.6 Å². The van der Waals surface area contributed by atoms with Gasteiger partial charge in [-0.15, -0.1) is 0 Å². The fraction of sp³-hybridized carbons (Fsp3) is 0.714. The number of rotatable bonds is 12. The van der Waals surface area contributed by atoms with Crippen LogP contribution in [0.1, 0.15) is 65.5 Å². The lowest BCUT2D eigenvalue weighted by molar-refractivity contribution is 0.211. The summed E-state index contributed by atoms with van der Waals surface area (Å²) in [5, 5.41) is 0.327. The van der Waals surface area contributed by atoms with Gasteiger partial charge in [-0.1, -0.05) is 41.5 Å². The van der Waals surface area contributed by atoms with Crippen LogP contribution in [-0.2, 0) is 8.85 Å². The van der Waals surface area contributed by atoms with E-state index in [0.29, 0.717) is 60.4 Å². The monoisotopic (exact) mass is 532 g/mol. The standard InChI is InChI=1S/C28H48N2O4Si2/c1-21-23(29-9)24(30-10)22(2)26(32-18-16-20-34-36(13,14)28(6,7)8)25(21)31-17-15-19-33-35(11,12)27(3,4)5/h15-20H2,1-8,11-14H3. The second kappa shape index (κ2) is 12.6. The van der Waals surface area contributed by atoms with E-state index in [9.17, 15) is 0 Å². The second-order valence-corrected chi connectivity index (χ2v) is 22.1. The van der Waals surface area contributed by atoms with Crippen LogP contribution in [0.5, 0.6) is 11.5 Å². The first-order valence-corrected chi connectivity index (χ1v) is 18.7. The van der Waals surface area contributed by atoms with E-state index in [0.717, 1.165) is 12.8 Å². The van der Waals surface area contributed by atoms with E-state index in [-0.39, 0.29) is 10.1 Å². The van der Waals surface area contributed by atoms with E-state index in [1.807, 2.05) is 13.8 Å². The van der Waals surface area contributed by atoms with Crippen LogP contribution in [-0.4, -0.2) is 43.1 Å². The summed E-state index contributed by atoms with van der Waals surface area (Å²) in [6.45, 7) is 43.4. The molecule has 0 unspecified atom stereocenters. The molecule has 202 valence electrons. The second-order valence-electron chi connectivity index (χ2n) is 12.5. The Kier molecular flexibility index (Phi) is 11.3. The molecule has 0 bridgehead atoms. The fourth-order valence-corrected chi connectivity index (χ4v) is 5.26. The molecule has 0 heterocycles. The minimum absolute atomic E-state index is 0.164. The zero-order chi connectivity index (χ0) is 27.9. The van der Waals surface area contributed by atoms with Gasteiger partial charge in [-0.25, -0.2) is 9.69 Å². The summed E-state index contributed by atoms with van der Waals surface area (Å²) in [6.07, 6.45) is 1.48. The van der Waals surface area contributed by atoms with Crippen LogP contribution >= 0.6 is 0 Å². The average Bonchev–Trinajstić information content (AvgIpc) is 2.74. The third-order valence-corrected chi connectivity index (χ3v) is 16.7. The predicted octanol–water partition coefficient (Wildman–Crippen LogP) is 8.99. The zero-order valence-electron chi connectivity index (χ0n) is 24.8. The summed E-state index contributed by atoms with van der Waals surface area (Å²) in [5.41, 5.74) is 1.98. The van der Waals surface area contributed by atoms with Gasteiger partial charge < -0.3 is 18.3 Å². The fourth-order valence-electron chi connectivity index (χ4n) is 3.09. The third kappa shape index (κ3) is 8.08. The van der Waals surface area contributed by atoms with E-state index in [4.69, 9.17) is 31.5 Å². The van der Waals surface area contributed by atoms with Crippen molar-refractivity contribution in [3.05, 3.63) is 34.0 Å². The molecule has 0 atom stereocenters. The Morgan fingerprint density at radius 3 is 1.17 bits per heavy atom. The molecule has 0 saturated heterocycles. The number of benzene rings is 1. The maximum atomic E-state index is 7.62. The maximum absolute atomic E-state index is 7.62. The minimum Gasteiger partial charge on any atom is -0.491 e. The van der Waals surface area contributed by atoms with E-state index in [1.165, 1.54) is 0 Å². The van der Waals surface area contributed by atoms with Crippen molar-refractivity contribution in [1.29, 1.82) is 0 Å². The Balaban J connectivity index is 2.95. The molecule has 0 aromatic heterocycles. The Morgan fingerprint density at radius 1 is 0.611 bits per heavy atom. The molecule has 0 amide bonds. The van der Waals surface area contributed by atoms with Crippen LogP contribution in [0.15, 0.2) is 0 Å². The highest BCUT2D eigenvalue weighted by molar-refractivity contribution is 6.74. The molecule has 0 spiro atoms. The molecule has 1 aromatic carbocycles. The topological polar surface area (TPSA) is 45.6 Å². The first-order valence-electron chi connectivity index (χ1n) is 12.9. The van der Waals surface area contributed by atoms with Gasteiger partial charge in [0, 0.05) is 26.1 Å². The summed E-state index contributed by atoms with van der Waals surface area (Å²) in [4.78, 5) is 7.27. The molecule has 0 aliphatic rings. The average molecular weight is 533 g/mol. The quantitative estimate of drug-likeness (QED) is 0.153. The van der Waals surface area contributed by atoms with Crippen molar-refractivity contribution in [1.82, 2.24) is 0 Å². The van der Waals surface area contributed by atoms with Gasteiger partial charge in [0.2, 0.25) is 11.4 Å². The van der Waals surface area contributed by atoms with Crippen LogP contribution in [0, 0.1) is 27.0 Å². The lowest BCUT2D eigenvalue weighted by Crippen LogP contribution is -2.41. The first kappa shape index (κ1) is 32.2. The molecule has 0 aliphatic carbocycles. The van der Waals surface area contributed by atoms with Crippen molar-refractivity contribution in [2.75, 3.05) is 26.4 Å². The molecular formula is C28H48N2O4Si2. The van der Waals surface area contributed by atoms with Gasteiger partial charge in [0.05, 0.1) is 26.4 Å². The summed E-state index contributed by atoms with van der Waals surface area (Å²) >= 11 is 0. The van der Waals surface area contributed by atoms with Crippen molar-refractivity contribution >= 4 is 28.0 Å². The summed E-state index contributed by atoms with van der Waals surface area (Å²) < 4.78 is 24.9. The number of nitrogens with zero attached hydrogens (tertiary/aromatic N) is 2. The lowest BCUT2D eigenvalue weighted by atomic mass is 10.0. The first-order chi connectivity index (χ1) is 16.4. The SMILES string of the molecule is [C-]#[N+]c1c(C)c(OCCCO[Si](C)(C)C(C)(C)C)c(OCCCO[Si](C)(C)C(C)(C)C)c(C)c1[N+]#[C-]. The molecular weight excluding hydrogens is 484 g/mol. The third-order valence-electron chi connectivity index (χ3n) is 7.65. The molecule has 1 aromatic rings. The predicted molar refractivity (Wildman–Crippen MR) is 155 cm³/mol. The minimum atomic E-state index is -1.81. The van der Waals surface area contributed by atoms with Crippen LogP contribution < -0.4 is 9.47 Å². The molecule has 1 rings (SSSR count). The zero-order valence-corrected chi connectivity index (χ0v) is 26.8. The van der Waals surface area contributed by atoms with Gasteiger partial charge in [-0.05, 0) is 61.2 Å². The normalized spacial score (nSPS) is 12.7. The van der Waals surface area contributed by atoms with Gasteiger partial charge >= 0.3 is 0 Å². The van der Waals surface area contributed by atoms with Gasteiger partial charge in [-0.2, -0.15) is 0 Å². The summed E-state index contributed by atoms with van der Waals surface area (Å²) in [5.74, 6) is 1.12. The molecule has 0 fully saturated rings. The Labute approximate surface area is 222 Å². The van der Waals surface area contributed by atoms with Crippen LogP contribution in [0.25, 0.3) is 9.69 Å². The van der Waals surface area contributed by atoms with Crippen molar-refractivity contribution in [2.24, 2.45) is 0 Å². The van der Waals surface area contributed by atoms with Crippen molar-refractivity contribution in [3.8, 4) is 11.5 Å². The molecule has 0 N–H and O–H groups in total. The van der Waals surface area contributed by atoms with Gasteiger partial charge in [0.1, 0.15) is 0 Å². The van der Waals surface area contributed by atoms with E-state index >= 15 is 0 Å². The van der Waals surface area contributed by atoms with Crippen LogP contribution in [0.4, 0.5) is 11.4 Å². The Morgan fingerprint density at radius 2 is 0.917 bits per heavy atom. The Bertz CT molecular complexity index is 899. The van der Waals surface area contributed by atoms with Crippen molar-refractivity contribution in [2.45, 2.75) is 104 Å². The van der Waals surface area contributed by atoms with E-state index in [1.54, 1.807) is 0 Å². The maximum Gasteiger partial charge on any atom is 0.201 e. The lowest BCUT2D eigenvalue weighted by Gasteiger charge is -2.36. The molecule has 0 saturated carbocycles. The molecule has 0 radical (unpaired) electrons. The summed E-state index contributed by atoms with van der Waals surface area (Å²) in [6, 6.07) is 0. The van der Waals surface area contributed by atoms with Gasteiger partial charge in [0.15, 0.2) is 28.1 Å². The van der Waals surface area contributed by atoms with Gasteiger partial charge in [0.25, 0.3) is 0 Å². The van der Waals surface area contributed by atoms with Crippen molar-refractivity contribution < 1.29 is 18.3 Å².